The molecule has 6 nitrogen and oxygen atoms in total. The number of alkyl halides is 3. The van der Waals surface area contributed by atoms with Crippen molar-refractivity contribution in [3.8, 4) is 11.6 Å². The third-order valence-corrected chi connectivity index (χ3v) is 5.14. The van der Waals surface area contributed by atoms with Crippen LogP contribution in [0.4, 0.5) is 18.9 Å². The van der Waals surface area contributed by atoms with Gasteiger partial charge in [-0.1, -0.05) is 23.4 Å². The maximum atomic E-state index is 13.2. The SMILES string of the molecule is CC(Sc1nnc(-c2ccco2)n1C)C(=O)Nc1ccc(Cl)cc1C(F)(F)F. The van der Waals surface area contributed by atoms with Gasteiger partial charge in [-0.2, -0.15) is 13.2 Å². The normalized spacial score (nSPS) is 12.8. The zero-order chi connectivity index (χ0) is 20.5. The number of thioether (sulfide) groups is 1. The average molecular weight is 431 g/mol. The Labute approximate surface area is 167 Å². The molecule has 0 saturated heterocycles. The highest BCUT2D eigenvalue weighted by molar-refractivity contribution is 8.00. The first-order valence-electron chi connectivity index (χ1n) is 7.94. The highest BCUT2D eigenvalue weighted by Gasteiger charge is 2.34. The molecule has 3 rings (SSSR count). The van der Waals surface area contributed by atoms with E-state index in [0.29, 0.717) is 16.7 Å². The Kier molecular flexibility index (Phi) is 5.71. The lowest BCUT2D eigenvalue weighted by Gasteiger charge is -2.16. The molecule has 0 fully saturated rings. The Morgan fingerprint density at radius 2 is 2.07 bits per heavy atom. The summed E-state index contributed by atoms with van der Waals surface area (Å²) in [6.45, 7) is 1.56. The van der Waals surface area contributed by atoms with Crippen LogP contribution in [0.25, 0.3) is 11.6 Å². The predicted molar refractivity (Wildman–Crippen MR) is 99.1 cm³/mol. The van der Waals surface area contributed by atoms with Crippen LogP contribution in [0.15, 0.2) is 46.2 Å². The van der Waals surface area contributed by atoms with Gasteiger partial charge in [-0.3, -0.25) is 4.79 Å². The Balaban J connectivity index is 1.75. The molecule has 0 aliphatic rings. The fourth-order valence-electron chi connectivity index (χ4n) is 2.34. The molecule has 0 aliphatic heterocycles. The first kappa shape index (κ1) is 20.3. The minimum atomic E-state index is -4.65. The van der Waals surface area contributed by atoms with Crippen molar-refractivity contribution in [2.24, 2.45) is 7.05 Å². The molecule has 148 valence electrons. The molecule has 0 radical (unpaired) electrons. The quantitative estimate of drug-likeness (QED) is 0.585. The molecule has 28 heavy (non-hydrogen) atoms. The fraction of sp³-hybridized carbons (Fsp3) is 0.235. The summed E-state index contributed by atoms with van der Waals surface area (Å²) in [5.74, 6) is 0.368. The van der Waals surface area contributed by atoms with Gasteiger partial charge in [0.2, 0.25) is 5.91 Å². The van der Waals surface area contributed by atoms with Gasteiger partial charge in [0.1, 0.15) is 0 Å². The molecule has 1 amide bonds. The van der Waals surface area contributed by atoms with Crippen LogP contribution in [0.2, 0.25) is 5.02 Å². The van der Waals surface area contributed by atoms with Crippen LogP contribution in [-0.2, 0) is 18.0 Å². The van der Waals surface area contributed by atoms with E-state index in [1.54, 1.807) is 30.7 Å². The van der Waals surface area contributed by atoms with E-state index in [1.807, 2.05) is 0 Å². The number of rotatable bonds is 5. The van der Waals surface area contributed by atoms with Crippen LogP contribution in [0.3, 0.4) is 0 Å². The topological polar surface area (TPSA) is 73.0 Å². The van der Waals surface area contributed by atoms with Crippen molar-refractivity contribution >= 4 is 35.0 Å². The van der Waals surface area contributed by atoms with E-state index < -0.39 is 22.9 Å². The van der Waals surface area contributed by atoms with Gasteiger partial charge in [-0.05, 0) is 37.3 Å². The van der Waals surface area contributed by atoms with Gasteiger partial charge in [0.05, 0.1) is 22.8 Å². The van der Waals surface area contributed by atoms with Gasteiger partial charge >= 0.3 is 6.18 Å². The minimum absolute atomic E-state index is 0.0720. The molecule has 1 atom stereocenters. The maximum absolute atomic E-state index is 13.2. The second kappa shape index (κ2) is 7.88. The molecule has 3 aromatic rings. The van der Waals surface area contributed by atoms with Crippen LogP contribution in [0.5, 0.6) is 0 Å². The Morgan fingerprint density at radius 3 is 2.71 bits per heavy atom. The number of aromatic nitrogens is 3. The first-order chi connectivity index (χ1) is 13.2. The Hall–Kier alpha value is -2.46. The minimum Gasteiger partial charge on any atom is -0.461 e. The van der Waals surface area contributed by atoms with Gasteiger partial charge in [0, 0.05) is 12.1 Å². The summed E-state index contributed by atoms with van der Waals surface area (Å²) in [6.07, 6.45) is -3.15. The van der Waals surface area contributed by atoms with Gasteiger partial charge in [-0.25, -0.2) is 0 Å². The number of nitrogens with zero attached hydrogens (tertiary/aromatic N) is 3. The number of benzene rings is 1. The summed E-state index contributed by atoms with van der Waals surface area (Å²) >= 11 is 6.71. The molecule has 2 aromatic heterocycles. The highest BCUT2D eigenvalue weighted by Crippen LogP contribution is 2.37. The standard InChI is InChI=1S/C17H14ClF3N4O2S/c1-9(28-16-24-23-14(25(16)2)13-4-3-7-27-13)15(26)22-12-6-5-10(18)8-11(12)17(19,20)21/h3-9H,1-2H3,(H,22,26). The number of hydrogen-bond donors (Lipinski definition) is 1. The third-order valence-electron chi connectivity index (χ3n) is 3.77. The summed E-state index contributed by atoms with van der Waals surface area (Å²) in [5, 5.41) is 9.94. The summed E-state index contributed by atoms with van der Waals surface area (Å²) in [5.41, 5.74) is -1.37. The number of nitrogens with one attached hydrogen (secondary N) is 1. The van der Waals surface area contributed by atoms with Gasteiger partial charge in [0.15, 0.2) is 16.7 Å². The number of halogens is 4. The van der Waals surface area contributed by atoms with Crippen molar-refractivity contribution in [3.63, 3.8) is 0 Å². The molecule has 0 spiro atoms. The van der Waals surface area contributed by atoms with E-state index >= 15 is 0 Å². The molecule has 0 bridgehead atoms. The van der Waals surface area contributed by atoms with Crippen molar-refractivity contribution < 1.29 is 22.4 Å². The molecular formula is C17H14ClF3N4O2S. The maximum Gasteiger partial charge on any atom is 0.418 e. The molecule has 2 heterocycles. The van der Waals surface area contributed by atoms with Crippen LogP contribution < -0.4 is 5.32 Å². The number of carbonyl (C=O) groups excluding carboxylic acids is 1. The lowest BCUT2D eigenvalue weighted by molar-refractivity contribution is -0.137. The molecule has 0 aliphatic carbocycles. The van der Waals surface area contributed by atoms with E-state index in [1.165, 1.54) is 12.3 Å². The summed E-state index contributed by atoms with van der Waals surface area (Å²) < 4.78 is 46.4. The first-order valence-corrected chi connectivity index (χ1v) is 9.20. The highest BCUT2D eigenvalue weighted by atomic mass is 35.5. The predicted octanol–water partition coefficient (Wildman–Crippen LogP) is 4.87. The smallest absolute Gasteiger partial charge is 0.418 e. The van der Waals surface area contributed by atoms with Gasteiger partial charge in [0.25, 0.3) is 0 Å². The molecular weight excluding hydrogens is 417 g/mol. The molecule has 1 unspecified atom stereocenters. The summed E-state index contributed by atoms with van der Waals surface area (Å²) in [6, 6.07) is 6.60. The third kappa shape index (κ3) is 4.33. The van der Waals surface area contributed by atoms with Crippen LogP contribution in [-0.4, -0.2) is 25.9 Å². The van der Waals surface area contributed by atoms with Crippen LogP contribution in [0, 0.1) is 0 Å². The fourth-order valence-corrected chi connectivity index (χ4v) is 3.33. The number of carbonyl (C=O) groups is 1. The van der Waals surface area contributed by atoms with E-state index in [-0.39, 0.29) is 10.7 Å². The van der Waals surface area contributed by atoms with E-state index in [9.17, 15) is 18.0 Å². The Morgan fingerprint density at radius 1 is 1.32 bits per heavy atom. The molecule has 1 N–H and O–H groups in total. The average Bonchev–Trinajstić information content (AvgIpc) is 3.26. The van der Waals surface area contributed by atoms with Crippen LogP contribution >= 0.6 is 23.4 Å². The van der Waals surface area contributed by atoms with Crippen LogP contribution in [0.1, 0.15) is 12.5 Å². The monoisotopic (exact) mass is 430 g/mol. The largest absolute Gasteiger partial charge is 0.461 e. The lowest BCUT2D eigenvalue weighted by Crippen LogP contribution is -2.24. The Bertz CT molecular complexity index is 989. The zero-order valence-corrected chi connectivity index (χ0v) is 16.2. The summed E-state index contributed by atoms with van der Waals surface area (Å²) in [7, 11) is 1.70. The van der Waals surface area contributed by atoms with Gasteiger partial charge in [-0.15, -0.1) is 10.2 Å². The molecule has 11 heteroatoms. The van der Waals surface area contributed by atoms with E-state index in [4.69, 9.17) is 16.0 Å². The number of hydrogen-bond acceptors (Lipinski definition) is 5. The number of anilines is 1. The summed E-state index contributed by atoms with van der Waals surface area (Å²) in [4.78, 5) is 12.4. The van der Waals surface area contributed by atoms with E-state index in [2.05, 4.69) is 15.5 Å². The number of furan rings is 1. The zero-order valence-electron chi connectivity index (χ0n) is 14.6. The van der Waals surface area contributed by atoms with E-state index in [0.717, 1.165) is 23.9 Å². The van der Waals surface area contributed by atoms with Gasteiger partial charge < -0.3 is 14.3 Å². The van der Waals surface area contributed by atoms with Crippen molar-refractivity contribution in [3.05, 3.63) is 47.2 Å². The lowest BCUT2D eigenvalue weighted by atomic mass is 10.1. The van der Waals surface area contributed by atoms with Crippen molar-refractivity contribution in [1.29, 1.82) is 0 Å². The van der Waals surface area contributed by atoms with Crippen molar-refractivity contribution in [2.45, 2.75) is 23.5 Å². The second-order valence-electron chi connectivity index (χ2n) is 5.78. The second-order valence-corrected chi connectivity index (χ2v) is 7.52. The molecule has 1 aromatic carbocycles. The van der Waals surface area contributed by atoms with Crippen molar-refractivity contribution in [2.75, 3.05) is 5.32 Å². The number of amides is 1. The van der Waals surface area contributed by atoms with Crippen molar-refractivity contribution in [1.82, 2.24) is 14.8 Å². The molecule has 0 saturated carbocycles.